The highest BCUT2D eigenvalue weighted by atomic mass is 35.5. The van der Waals surface area contributed by atoms with E-state index in [4.69, 9.17) is 11.6 Å². The number of ether oxygens (including phenoxy) is 1. The van der Waals surface area contributed by atoms with E-state index in [9.17, 15) is 19.2 Å². The Morgan fingerprint density at radius 1 is 1.00 bits per heavy atom. The predicted octanol–water partition coefficient (Wildman–Crippen LogP) is 2.92. The minimum absolute atomic E-state index is 0.0813. The fraction of sp³-hybridized carbons (Fsp3) is 0.273. The summed E-state index contributed by atoms with van der Waals surface area (Å²) in [5, 5.41) is 0.575. The van der Waals surface area contributed by atoms with Crippen molar-refractivity contribution in [3.63, 3.8) is 0 Å². The second-order valence-corrected chi connectivity index (χ2v) is 7.30. The van der Waals surface area contributed by atoms with E-state index >= 15 is 0 Å². The van der Waals surface area contributed by atoms with Gasteiger partial charge in [-0.3, -0.25) is 24.1 Å². The van der Waals surface area contributed by atoms with Gasteiger partial charge in [-0.25, -0.2) is 0 Å². The van der Waals surface area contributed by atoms with E-state index in [0.717, 1.165) is 10.5 Å². The highest BCUT2D eigenvalue weighted by molar-refractivity contribution is 6.30. The van der Waals surface area contributed by atoms with Crippen LogP contribution < -0.4 is 0 Å². The van der Waals surface area contributed by atoms with Gasteiger partial charge in [-0.05, 0) is 36.2 Å². The summed E-state index contributed by atoms with van der Waals surface area (Å²) in [6.45, 7) is 0.161. The molecule has 1 heterocycles. The molecule has 0 aliphatic carbocycles. The molecule has 0 radical (unpaired) electrons. The van der Waals surface area contributed by atoms with Crippen molar-refractivity contribution in [2.24, 2.45) is 0 Å². The molecule has 0 aromatic heterocycles. The summed E-state index contributed by atoms with van der Waals surface area (Å²) in [6, 6.07) is 13.6. The first-order valence-corrected chi connectivity index (χ1v) is 9.82. The molecule has 1 aliphatic rings. The normalized spacial score (nSPS) is 12.7. The van der Waals surface area contributed by atoms with Crippen LogP contribution in [0.25, 0.3) is 0 Å². The van der Waals surface area contributed by atoms with Crippen molar-refractivity contribution in [3.05, 3.63) is 70.2 Å². The van der Waals surface area contributed by atoms with Gasteiger partial charge in [-0.2, -0.15) is 0 Å². The Hall–Kier alpha value is -3.19. The maximum Gasteiger partial charge on any atom is 0.325 e. The molecule has 0 spiro atoms. The van der Waals surface area contributed by atoms with Crippen LogP contribution in [0.1, 0.15) is 39.1 Å². The highest BCUT2D eigenvalue weighted by Crippen LogP contribution is 2.22. The molecule has 2 aromatic carbocycles. The number of fused-ring (bicyclic) bond motifs is 1. The molecule has 3 amide bonds. The Kier molecular flexibility index (Phi) is 6.84. The first-order valence-electron chi connectivity index (χ1n) is 9.45. The van der Waals surface area contributed by atoms with Crippen molar-refractivity contribution >= 4 is 35.3 Å². The van der Waals surface area contributed by atoms with Crippen LogP contribution in [0.2, 0.25) is 5.02 Å². The molecule has 0 N–H and O–H groups in total. The first-order chi connectivity index (χ1) is 14.4. The Balaban J connectivity index is 1.60. The van der Waals surface area contributed by atoms with Crippen molar-refractivity contribution in [2.75, 3.05) is 20.2 Å². The summed E-state index contributed by atoms with van der Waals surface area (Å²) < 4.78 is 4.69. The number of nitrogens with zero attached hydrogens (tertiary/aromatic N) is 2. The number of hydrogen-bond donors (Lipinski definition) is 0. The molecule has 1 aliphatic heterocycles. The number of amides is 3. The molecular weight excluding hydrogens is 408 g/mol. The van der Waals surface area contributed by atoms with Crippen molar-refractivity contribution in [1.29, 1.82) is 0 Å². The van der Waals surface area contributed by atoms with Crippen LogP contribution >= 0.6 is 11.6 Å². The second-order valence-electron chi connectivity index (χ2n) is 6.86. The quantitative estimate of drug-likeness (QED) is 0.477. The van der Waals surface area contributed by atoms with E-state index in [-0.39, 0.29) is 43.8 Å². The number of carbonyl (C=O) groups excluding carboxylic acids is 4. The van der Waals surface area contributed by atoms with E-state index in [1.807, 2.05) is 0 Å². The van der Waals surface area contributed by atoms with Gasteiger partial charge in [0.05, 0.1) is 18.2 Å². The molecule has 0 saturated heterocycles. The summed E-state index contributed by atoms with van der Waals surface area (Å²) in [7, 11) is 1.26. The molecular formula is C22H21ClN2O5. The fourth-order valence-corrected chi connectivity index (χ4v) is 3.38. The Bertz CT molecular complexity index is 939. The lowest BCUT2D eigenvalue weighted by Gasteiger charge is -2.22. The monoisotopic (exact) mass is 428 g/mol. The molecule has 7 nitrogen and oxygen atoms in total. The van der Waals surface area contributed by atoms with Crippen LogP contribution in [-0.4, -0.2) is 53.7 Å². The third kappa shape index (κ3) is 4.86. The minimum Gasteiger partial charge on any atom is -0.468 e. The molecule has 0 saturated carbocycles. The SMILES string of the molecule is COC(=O)CN(Cc1ccc(Cl)cc1)C(=O)CCCN1C(=O)c2ccccc2C1=O. The molecule has 0 unspecified atom stereocenters. The Morgan fingerprint density at radius 2 is 1.60 bits per heavy atom. The van der Waals surface area contributed by atoms with Crippen LogP contribution in [0, 0.1) is 0 Å². The molecule has 3 rings (SSSR count). The van der Waals surface area contributed by atoms with Gasteiger partial charge in [0.1, 0.15) is 6.54 Å². The van der Waals surface area contributed by atoms with Gasteiger partial charge in [-0.15, -0.1) is 0 Å². The number of benzene rings is 2. The van der Waals surface area contributed by atoms with Crippen LogP contribution in [0.5, 0.6) is 0 Å². The molecule has 8 heteroatoms. The minimum atomic E-state index is -0.530. The van der Waals surface area contributed by atoms with E-state index < -0.39 is 5.97 Å². The molecule has 0 fully saturated rings. The van der Waals surface area contributed by atoms with Crippen molar-refractivity contribution in [2.45, 2.75) is 19.4 Å². The molecule has 156 valence electrons. The van der Waals surface area contributed by atoms with E-state index in [2.05, 4.69) is 4.74 Å². The lowest BCUT2D eigenvalue weighted by Crippen LogP contribution is -2.36. The van der Waals surface area contributed by atoms with E-state index in [0.29, 0.717) is 22.6 Å². The van der Waals surface area contributed by atoms with Crippen molar-refractivity contribution < 1.29 is 23.9 Å². The summed E-state index contributed by atoms with van der Waals surface area (Å²) in [5.41, 5.74) is 1.57. The zero-order valence-corrected chi connectivity index (χ0v) is 17.2. The smallest absolute Gasteiger partial charge is 0.325 e. The molecule has 30 heavy (non-hydrogen) atoms. The molecule has 2 aromatic rings. The summed E-state index contributed by atoms with van der Waals surface area (Å²) in [5.74, 6) is -1.50. The van der Waals surface area contributed by atoms with Crippen LogP contribution in [0.4, 0.5) is 0 Å². The third-order valence-corrected chi connectivity index (χ3v) is 5.09. The van der Waals surface area contributed by atoms with Gasteiger partial charge in [0.25, 0.3) is 11.8 Å². The Labute approximate surface area is 179 Å². The Morgan fingerprint density at radius 3 is 2.17 bits per heavy atom. The predicted molar refractivity (Wildman–Crippen MR) is 110 cm³/mol. The number of esters is 1. The second kappa shape index (κ2) is 9.54. The highest BCUT2D eigenvalue weighted by Gasteiger charge is 2.34. The van der Waals surface area contributed by atoms with Gasteiger partial charge < -0.3 is 9.64 Å². The molecule has 0 bridgehead atoms. The number of rotatable bonds is 8. The number of hydrogen-bond acceptors (Lipinski definition) is 5. The van der Waals surface area contributed by atoms with Crippen LogP contribution in [0.15, 0.2) is 48.5 Å². The van der Waals surface area contributed by atoms with Gasteiger partial charge in [0, 0.05) is 24.5 Å². The third-order valence-electron chi connectivity index (χ3n) is 4.84. The van der Waals surface area contributed by atoms with E-state index in [1.165, 1.54) is 12.0 Å². The summed E-state index contributed by atoms with van der Waals surface area (Å²) in [6.07, 6.45) is 0.376. The largest absolute Gasteiger partial charge is 0.468 e. The fourth-order valence-electron chi connectivity index (χ4n) is 3.25. The maximum atomic E-state index is 12.7. The number of imide groups is 1. The van der Waals surface area contributed by atoms with Crippen molar-refractivity contribution in [3.8, 4) is 0 Å². The number of halogens is 1. The summed E-state index contributed by atoms with van der Waals surface area (Å²) in [4.78, 5) is 51.8. The number of carbonyl (C=O) groups is 4. The average molecular weight is 429 g/mol. The van der Waals surface area contributed by atoms with Gasteiger partial charge >= 0.3 is 5.97 Å². The van der Waals surface area contributed by atoms with Gasteiger partial charge in [0.15, 0.2) is 0 Å². The van der Waals surface area contributed by atoms with Gasteiger partial charge in [-0.1, -0.05) is 35.9 Å². The van der Waals surface area contributed by atoms with Crippen LogP contribution in [0.3, 0.4) is 0 Å². The first kappa shape index (κ1) is 21.5. The maximum absolute atomic E-state index is 12.7. The lowest BCUT2D eigenvalue weighted by molar-refractivity contribution is -0.147. The zero-order chi connectivity index (χ0) is 21.7. The number of methoxy groups -OCH3 is 1. The van der Waals surface area contributed by atoms with Gasteiger partial charge in [0.2, 0.25) is 5.91 Å². The van der Waals surface area contributed by atoms with E-state index in [1.54, 1.807) is 48.5 Å². The lowest BCUT2D eigenvalue weighted by atomic mass is 10.1. The standard InChI is InChI=1S/C22H21ClN2O5/c1-30-20(27)14-24(13-15-8-10-16(23)11-9-15)19(26)7-4-12-25-21(28)17-5-2-3-6-18(17)22(25)29/h2-3,5-6,8-11H,4,7,12-14H2,1H3. The van der Waals surface area contributed by atoms with Crippen molar-refractivity contribution in [1.82, 2.24) is 9.80 Å². The molecule has 0 atom stereocenters. The van der Waals surface area contributed by atoms with Crippen LogP contribution in [-0.2, 0) is 20.9 Å². The average Bonchev–Trinajstić information content (AvgIpc) is 2.99. The summed E-state index contributed by atoms with van der Waals surface area (Å²) >= 11 is 5.89. The zero-order valence-electron chi connectivity index (χ0n) is 16.5. The topological polar surface area (TPSA) is 84.0 Å².